The highest BCUT2D eigenvalue weighted by molar-refractivity contribution is 7.89. The van der Waals surface area contributed by atoms with E-state index in [1.165, 1.54) is 11.6 Å². The minimum Gasteiger partial charge on any atom is -0.200 e. The quantitative estimate of drug-likeness (QED) is 0.416. The molecule has 0 fully saturated rings. The molecule has 0 N–H and O–H groups in total. The van der Waals surface area contributed by atoms with Gasteiger partial charge in [-0.05, 0) is 37.5 Å². The second-order valence-electron chi connectivity index (χ2n) is 5.43. The lowest BCUT2D eigenvalue weighted by molar-refractivity contribution is 0.463. The first-order valence-electron chi connectivity index (χ1n) is 7.80. The van der Waals surface area contributed by atoms with Gasteiger partial charge in [0.25, 0.3) is 10.0 Å². The van der Waals surface area contributed by atoms with Crippen molar-refractivity contribution in [3.05, 3.63) is 78.4 Å². The third-order valence-corrected chi connectivity index (χ3v) is 5.16. The van der Waals surface area contributed by atoms with Crippen LogP contribution in [-0.4, -0.2) is 25.6 Å². The summed E-state index contributed by atoms with van der Waals surface area (Å²) in [6.07, 6.45) is 4.65. The van der Waals surface area contributed by atoms with E-state index < -0.39 is 10.0 Å². The number of nitrogens with zero attached hydrogens (tertiary/aromatic N) is 2. The van der Waals surface area contributed by atoms with E-state index >= 15 is 0 Å². The number of benzene rings is 2. The summed E-state index contributed by atoms with van der Waals surface area (Å²) in [7, 11) is -3.66. The first-order chi connectivity index (χ1) is 11.5. The predicted molar refractivity (Wildman–Crippen MR) is 98.5 cm³/mol. The van der Waals surface area contributed by atoms with Gasteiger partial charge in [-0.25, -0.2) is 0 Å². The SMILES string of the molecule is C=CCN(/N=C/CCc1ccccc1)S(=O)(=O)c1ccc(C)cc1. The molecule has 0 aromatic heterocycles. The number of hydrogen-bond acceptors (Lipinski definition) is 3. The molecule has 0 atom stereocenters. The van der Waals surface area contributed by atoms with Gasteiger partial charge >= 0.3 is 0 Å². The van der Waals surface area contributed by atoms with Crippen LogP contribution in [0.15, 0.2) is 77.2 Å². The molecule has 0 saturated carbocycles. The predicted octanol–water partition coefficient (Wildman–Crippen LogP) is 3.79. The van der Waals surface area contributed by atoms with Crippen molar-refractivity contribution < 1.29 is 8.42 Å². The van der Waals surface area contributed by atoms with E-state index in [2.05, 4.69) is 11.7 Å². The van der Waals surface area contributed by atoms with Crippen molar-refractivity contribution in [2.75, 3.05) is 6.54 Å². The van der Waals surface area contributed by atoms with Gasteiger partial charge in [-0.1, -0.05) is 54.1 Å². The molecular formula is C19H22N2O2S. The van der Waals surface area contributed by atoms with Crippen molar-refractivity contribution in [3.63, 3.8) is 0 Å². The number of aryl methyl sites for hydroxylation is 2. The molecule has 0 amide bonds. The Morgan fingerprint density at radius 1 is 1.08 bits per heavy atom. The van der Waals surface area contributed by atoms with Crippen LogP contribution in [0.25, 0.3) is 0 Å². The number of sulfonamides is 1. The molecule has 0 heterocycles. The van der Waals surface area contributed by atoms with Gasteiger partial charge in [0.15, 0.2) is 0 Å². The van der Waals surface area contributed by atoms with Crippen molar-refractivity contribution in [2.24, 2.45) is 5.10 Å². The van der Waals surface area contributed by atoms with Crippen molar-refractivity contribution in [1.29, 1.82) is 0 Å². The van der Waals surface area contributed by atoms with Gasteiger partial charge in [-0.2, -0.15) is 17.9 Å². The van der Waals surface area contributed by atoms with E-state index in [-0.39, 0.29) is 11.4 Å². The van der Waals surface area contributed by atoms with E-state index in [1.807, 2.05) is 37.3 Å². The summed E-state index contributed by atoms with van der Waals surface area (Å²) in [5, 5.41) is 4.15. The summed E-state index contributed by atoms with van der Waals surface area (Å²) in [6, 6.07) is 16.8. The van der Waals surface area contributed by atoms with Crippen LogP contribution in [-0.2, 0) is 16.4 Å². The molecule has 0 aliphatic rings. The third-order valence-electron chi connectivity index (χ3n) is 3.50. The van der Waals surface area contributed by atoms with Crippen LogP contribution in [0.1, 0.15) is 17.5 Å². The van der Waals surface area contributed by atoms with Crippen LogP contribution in [0, 0.1) is 6.92 Å². The van der Waals surface area contributed by atoms with E-state index in [1.54, 1.807) is 30.5 Å². The lowest BCUT2D eigenvalue weighted by Crippen LogP contribution is -2.26. The number of hydrogen-bond donors (Lipinski definition) is 0. The fraction of sp³-hybridized carbons (Fsp3) is 0.211. The molecule has 0 unspecified atom stereocenters. The van der Waals surface area contributed by atoms with E-state index in [4.69, 9.17) is 0 Å². The van der Waals surface area contributed by atoms with Crippen LogP contribution >= 0.6 is 0 Å². The molecule has 2 rings (SSSR count). The van der Waals surface area contributed by atoms with Gasteiger partial charge < -0.3 is 0 Å². The van der Waals surface area contributed by atoms with Crippen LogP contribution < -0.4 is 0 Å². The highest BCUT2D eigenvalue weighted by Crippen LogP contribution is 2.16. The van der Waals surface area contributed by atoms with Crippen molar-refractivity contribution in [1.82, 2.24) is 4.41 Å². The van der Waals surface area contributed by atoms with E-state index in [9.17, 15) is 8.42 Å². The standard InChI is InChI=1S/C19H22N2O2S/c1-3-16-21(20-15-7-10-18-8-5-4-6-9-18)24(22,23)19-13-11-17(2)12-14-19/h3-6,8-9,11-15H,1,7,10,16H2,2H3/b20-15+. The Bertz CT molecular complexity index is 782. The first kappa shape index (κ1) is 17.9. The maximum atomic E-state index is 12.7. The van der Waals surface area contributed by atoms with E-state index in [0.717, 1.165) is 16.4 Å². The zero-order chi connectivity index (χ0) is 17.4. The molecule has 0 radical (unpaired) electrons. The fourth-order valence-corrected chi connectivity index (χ4v) is 3.39. The molecule has 2 aromatic rings. The maximum Gasteiger partial charge on any atom is 0.279 e. The average molecular weight is 342 g/mol. The van der Waals surface area contributed by atoms with Gasteiger partial charge in [0, 0.05) is 6.21 Å². The largest absolute Gasteiger partial charge is 0.279 e. The van der Waals surface area contributed by atoms with Crippen molar-refractivity contribution >= 4 is 16.2 Å². The number of hydrazone groups is 1. The fourth-order valence-electron chi connectivity index (χ4n) is 2.17. The molecule has 5 heteroatoms. The Kier molecular flexibility index (Phi) is 6.32. The summed E-state index contributed by atoms with van der Waals surface area (Å²) in [5.41, 5.74) is 2.20. The molecule has 4 nitrogen and oxygen atoms in total. The average Bonchev–Trinajstić information content (AvgIpc) is 2.59. The zero-order valence-corrected chi connectivity index (χ0v) is 14.6. The summed E-state index contributed by atoms with van der Waals surface area (Å²) < 4.78 is 26.4. The highest BCUT2D eigenvalue weighted by atomic mass is 32.2. The lowest BCUT2D eigenvalue weighted by atomic mass is 10.1. The number of rotatable bonds is 8. The molecular weight excluding hydrogens is 320 g/mol. The molecule has 2 aromatic carbocycles. The van der Waals surface area contributed by atoms with Gasteiger partial charge in [0.1, 0.15) is 0 Å². The Hall–Kier alpha value is -2.40. The first-order valence-corrected chi connectivity index (χ1v) is 9.24. The summed E-state index contributed by atoms with van der Waals surface area (Å²) in [5.74, 6) is 0. The van der Waals surface area contributed by atoms with Crippen LogP contribution in [0.5, 0.6) is 0 Å². The maximum absolute atomic E-state index is 12.7. The van der Waals surface area contributed by atoms with Gasteiger partial charge in [-0.3, -0.25) is 0 Å². The second-order valence-corrected chi connectivity index (χ2v) is 7.28. The van der Waals surface area contributed by atoms with Gasteiger partial charge in [0.2, 0.25) is 0 Å². The van der Waals surface area contributed by atoms with Crippen LogP contribution in [0.2, 0.25) is 0 Å². The molecule has 0 aliphatic carbocycles. The van der Waals surface area contributed by atoms with Crippen molar-refractivity contribution in [3.8, 4) is 0 Å². The zero-order valence-electron chi connectivity index (χ0n) is 13.8. The van der Waals surface area contributed by atoms with Crippen LogP contribution in [0.4, 0.5) is 0 Å². The monoisotopic (exact) mass is 342 g/mol. The third kappa shape index (κ3) is 4.80. The molecule has 0 bridgehead atoms. The molecule has 0 spiro atoms. The molecule has 0 saturated heterocycles. The van der Waals surface area contributed by atoms with Crippen molar-refractivity contribution in [2.45, 2.75) is 24.7 Å². The highest BCUT2D eigenvalue weighted by Gasteiger charge is 2.21. The van der Waals surface area contributed by atoms with Gasteiger partial charge in [0.05, 0.1) is 11.4 Å². The Morgan fingerprint density at radius 3 is 2.38 bits per heavy atom. The summed E-state index contributed by atoms with van der Waals surface area (Å²) in [6.45, 7) is 5.67. The summed E-state index contributed by atoms with van der Waals surface area (Å²) >= 11 is 0. The normalized spacial score (nSPS) is 11.5. The minimum absolute atomic E-state index is 0.137. The minimum atomic E-state index is -3.66. The van der Waals surface area contributed by atoms with Gasteiger partial charge in [-0.15, -0.1) is 6.58 Å². The van der Waals surface area contributed by atoms with E-state index in [0.29, 0.717) is 6.42 Å². The Labute approximate surface area is 144 Å². The topological polar surface area (TPSA) is 49.7 Å². The molecule has 0 aliphatic heterocycles. The summed E-state index contributed by atoms with van der Waals surface area (Å²) in [4.78, 5) is 0.232. The Morgan fingerprint density at radius 2 is 1.75 bits per heavy atom. The molecule has 24 heavy (non-hydrogen) atoms. The molecule has 126 valence electrons. The smallest absolute Gasteiger partial charge is 0.200 e. The second kappa shape index (κ2) is 8.45. The van der Waals surface area contributed by atoms with Crippen LogP contribution in [0.3, 0.4) is 0 Å². The lowest BCUT2D eigenvalue weighted by Gasteiger charge is -2.17. The Balaban J connectivity index is 2.08.